The molecule has 1 aromatic carbocycles. The van der Waals surface area contributed by atoms with Gasteiger partial charge in [-0.2, -0.15) is 0 Å². The van der Waals surface area contributed by atoms with Crippen molar-refractivity contribution >= 4 is 5.97 Å². The zero-order chi connectivity index (χ0) is 11.5. The van der Waals surface area contributed by atoms with Crippen molar-refractivity contribution in [1.29, 1.82) is 0 Å². The van der Waals surface area contributed by atoms with Gasteiger partial charge in [0.2, 0.25) is 0 Å². The van der Waals surface area contributed by atoms with Gasteiger partial charge in [0.1, 0.15) is 11.9 Å². The van der Waals surface area contributed by atoms with Gasteiger partial charge in [-0.1, -0.05) is 12.1 Å². The van der Waals surface area contributed by atoms with Crippen LogP contribution in [-0.2, 0) is 14.3 Å². The number of rotatable bonds is 2. The second-order valence-corrected chi connectivity index (χ2v) is 3.48. The smallest absolute Gasteiger partial charge is 0.335 e. The molecule has 0 unspecified atom stereocenters. The molecule has 0 spiro atoms. The van der Waals surface area contributed by atoms with Crippen molar-refractivity contribution in [2.45, 2.75) is 12.2 Å². The number of hydrogen-bond acceptors (Lipinski definition) is 3. The van der Waals surface area contributed by atoms with E-state index in [2.05, 4.69) is 0 Å². The van der Waals surface area contributed by atoms with Crippen LogP contribution in [0.3, 0.4) is 0 Å². The lowest BCUT2D eigenvalue weighted by Gasteiger charge is -2.29. The first-order chi connectivity index (χ1) is 7.68. The molecule has 16 heavy (non-hydrogen) atoms. The Hall–Kier alpha value is -1.46. The topological polar surface area (TPSA) is 55.8 Å². The van der Waals surface area contributed by atoms with E-state index in [1.807, 2.05) is 0 Å². The summed E-state index contributed by atoms with van der Waals surface area (Å²) in [7, 11) is 0. The van der Waals surface area contributed by atoms with Crippen molar-refractivity contribution in [1.82, 2.24) is 0 Å². The molecule has 1 aliphatic heterocycles. The molecule has 0 aromatic heterocycles. The summed E-state index contributed by atoms with van der Waals surface area (Å²) >= 11 is 0. The van der Waals surface area contributed by atoms with Crippen molar-refractivity contribution in [2.75, 3.05) is 13.2 Å². The van der Waals surface area contributed by atoms with Crippen LogP contribution in [0.2, 0.25) is 0 Å². The third-order valence-corrected chi connectivity index (χ3v) is 2.37. The molecule has 2 atom stereocenters. The molecule has 0 radical (unpaired) electrons. The van der Waals surface area contributed by atoms with E-state index in [1.54, 1.807) is 6.07 Å². The molecule has 4 nitrogen and oxygen atoms in total. The van der Waals surface area contributed by atoms with Crippen molar-refractivity contribution in [3.8, 4) is 0 Å². The van der Waals surface area contributed by atoms with Gasteiger partial charge in [0.15, 0.2) is 6.10 Å². The predicted octanol–water partition coefficient (Wildman–Crippen LogP) is 1.37. The summed E-state index contributed by atoms with van der Waals surface area (Å²) < 4.78 is 23.4. The maximum atomic E-state index is 13.0. The van der Waals surface area contributed by atoms with E-state index < -0.39 is 24.0 Å². The van der Waals surface area contributed by atoms with E-state index in [9.17, 15) is 9.18 Å². The summed E-state index contributed by atoms with van der Waals surface area (Å²) in [4.78, 5) is 10.9. The van der Waals surface area contributed by atoms with Gasteiger partial charge in [-0.3, -0.25) is 0 Å². The van der Waals surface area contributed by atoms with Crippen molar-refractivity contribution < 1.29 is 23.8 Å². The average molecular weight is 226 g/mol. The molecule has 0 saturated carbocycles. The first-order valence-electron chi connectivity index (χ1n) is 4.90. The fourth-order valence-corrected chi connectivity index (χ4v) is 1.68. The molecule has 0 bridgehead atoms. The Kier molecular flexibility index (Phi) is 3.17. The minimum absolute atomic E-state index is 0.239. The molecule has 1 heterocycles. The predicted molar refractivity (Wildman–Crippen MR) is 52.5 cm³/mol. The summed E-state index contributed by atoms with van der Waals surface area (Å²) in [6.45, 7) is 0.549. The molecule has 1 fully saturated rings. The highest BCUT2D eigenvalue weighted by Crippen LogP contribution is 2.27. The Labute approximate surface area is 91.6 Å². The minimum Gasteiger partial charge on any atom is -0.479 e. The number of carbonyl (C=O) groups is 1. The largest absolute Gasteiger partial charge is 0.479 e. The van der Waals surface area contributed by atoms with Crippen molar-refractivity contribution in [3.05, 3.63) is 35.6 Å². The number of benzene rings is 1. The standard InChI is InChI=1S/C11H11FO4/c12-8-3-1-2-7(6-8)9-10(11(13)14)16-5-4-15-9/h1-3,6,9-10H,4-5H2,(H,13,14)/t9-,10+/m0/s1. The van der Waals surface area contributed by atoms with Gasteiger partial charge < -0.3 is 14.6 Å². The SMILES string of the molecule is O=C(O)[C@@H]1OCCO[C@H]1c1cccc(F)c1. The molecule has 1 N–H and O–H groups in total. The highest BCUT2D eigenvalue weighted by Gasteiger charge is 2.34. The quantitative estimate of drug-likeness (QED) is 0.827. The summed E-state index contributed by atoms with van der Waals surface area (Å²) in [5.41, 5.74) is 0.479. The first kappa shape index (κ1) is 11.0. The van der Waals surface area contributed by atoms with Crippen molar-refractivity contribution in [2.24, 2.45) is 0 Å². The molecule has 0 aliphatic carbocycles. The molecule has 1 aliphatic rings. The molecule has 0 amide bonds. The van der Waals surface area contributed by atoms with Crippen LogP contribution in [0, 0.1) is 5.82 Å². The third kappa shape index (κ3) is 2.20. The third-order valence-electron chi connectivity index (χ3n) is 2.37. The van der Waals surface area contributed by atoms with Crippen molar-refractivity contribution in [3.63, 3.8) is 0 Å². The zero-order valence-electron chi connectivity index (χ0n) is 8.43. The number of hydrogen-bond donors (Lipinski definition) is 1. The highest BCUT2D eigenvalue weighted by molar-refractivity contribution is 5.73. The van der Waals surface area contributed by atoms with Crippen LogP contribution >= 0.6 is 0 Å². The van der Waals surface area contributed by atoms with Crippen LogP contribution in [0.25, 0.3) is 0 Å². The molecular formula is C11H11FO4. The first-order valence-corrected chi connectivity index (χ1v) is 4.90. The fraction of sp³-hybridized carbons (Fsp3) is 0.364. The monoisotopic (exact) mass is 226 g/mol. The molecular weight excluding hydrogens is 215 g/mol. The number of aliphatic carboxylic acids is 1. The molecule has 86 valence electrons. The fourth-order valence-electron chi connectivity index (χ4n) is 1.68. The Bertz CT molecular complexity index is 393. The molecule has 1 aromatic rings. The van der Waals surface area contributed by atoms with Gasteiger partial charge in [0.05, 0.1) is 13.2 Å². The lowest BCUT2D eigenvalue weighted by molar-refractivity contribution is -0.181. The summed E-state index contributed by atoms with van der Waals surface area (Å²) in [5.74, 6) is -1.52. The maximum Gasteiger partial charge on any atom is 0.335 e. The van der Waals surface area contributed by atoms with Gasteiger partial charge in [0, 0.05) is 0 Å². The molecule has 1 saturated heterocycles. The van der Waals surface area contributed by atoms with E-state index in [1.165, 1.54) is 18.2 Å². The maximum absolute atomic E-state index is 13.0. The molecule has 2 rings (SSSR count). The lowest BCUT2D eigenvalue weighted by atomic mass is 10.0. The Morgan fingerprint density at radius 1 is 1.38 bits per heavy atom. The molecule has 5 heteroatoms. The van der Waals surface area contributed by atoms with E-state index in [0.717, 1.165) is 0 Å². The summed E-state index contributed by atoms with van der Waals surface area (Å²) in [6, 6.07) is 5.69. The van der Waals surface area contributed by atoms with Gasteiger partial charge in [-0.05, 0) is 17.7 Å². The zero-order valence-corrected chi connectivity index (χ0v) is 8.43. The lowest BCUT2D eigenvalue weighted by Crippen LogP contribution is -2.38. The van der Waals surface area contributed by atoms with Gasteiger partial charge in [-0.25, -0.2) is 9.18 Å². The van der Waals surface area contributed by atoms with Crippen LogP contribution in [0.4, 0.5) is 4.39 Å². The van der Waals surface area contributed by atoms with Crippen LogP contribution in [-0.4, -0.2) is 30.4 Å². The normalized spacial score (nSPS) is 25.3. The Balaban J connectivity index is 2.26. The average Bonchev–Trinajstić information content (AvgIpc) is 2.29. The summed E-state index contributed by atoms with van der Waals surface area (Å²) in [6.07, 6.45) is -1.82. The second-order valence-electron chi connectivity index (χ2n) is 3.48. The van der Waals surface area contributed by atoms with Gasteiger partial charge in [0.25, 0.3) is 0 Å². The van der Waals surface area contributed by atoms with E-state index in [-0.39, 0.29) is 6.61 Å². The van der Waals surface area contributed by atoms with Gasteiger partial charge in [-0.15, -0.1) is 0 Å². The summed E-state index contributed by atoms with van der Waals surface area (Å²) in [5, 5.41) is 8.94. The second kappa shape index (κ2) is 4.59. The van der Waals surface area contributed by atoms with Crippen LogP contribution in [0.1, 0.15) is 11.7 Å². The highest BCUT2D eigenvalue weighted by atomic mass is 19.1. The van der Waals surface area contributed by atoms with Crippen LogP contribution < -0.4 is 0 Å². The number of carboxylic acids is 1. The van der Waals surface area contributed by atoms with E-state index in [4.69, 9.17) is 14.6 Å². The van der Waals surface area contributed by atoms with Crippen LogP contribution in [0.15, 0.2) is 24.3 Å². The number of halogens is 1. The minimum atomic E-state index is -1.10. The van der Waals surface area contributed by atoms with Gasteiger partial charge >= 0.3 is 5.97 Å². The Morgan fingerprint density at radius 3 is 2.81 bits per heavy atom. The van der Waals surface area contributed by atoms with Crippen LogP contribution in [0.5, 0.6) is 0 Å². The number of ether oxygens (including phenoxy) is 2. The number of carboxylic acid groups (broad SMARTS) is 1. The van der Waals surface area contributed by atoms with E-state index in [0.29, 0.717) is 12.2 Å². The Morgan fingerprint density at radius 2 is 2.12 bits per heavy atom. The van der Waals surface area contributed by atoms with E-state index >= 15 is 0 Å².